The topological polar surface area (TPSA) is 41.1 Å². The first-order chi connectivity index (χ1) is 8.63. The lowest BCUT2D eigenvalue weighted by Gasteiger charge is -2.31. The van der Waals surface area contributed by atoms with Crippen molar-refractivity contribution in [1.82, 2.24) is 20.2 Å². The van der Waals surface area contributed by atoms with E-state index >= 15 is 0 Å². The molecule has 1 N–H and O–H groups in total. The van der Waals surface area contributed by atoms with Gasteiger partial charge in [0.05, 0.1) is 5.69 Å². The summed E-state index contributed by atoms with van der Waals surface area (Å²) < 4.78 is 0. The van der Waals surface area contributed by atoms with Crippen molar-refractivity contribution in [2.45, 2.75) is 27.3 Å². The van der Waals surface area contributed by atoms with Gasteiger partial charge in [0.2, 0.25) is 0 Å². The molecule has 4 nitrogen and oxygen atoms in total. The van der Waals surface area contributed by atoms with E-state index in [2.05, 4.69) is 34.0 Å². The predicted octanol–water partition coefficient (Wildman–Crippen LogP) is 1.46. The van der Waals surface area contributed by atoms with Gasteiger partial charge in [0.25, 0.3) is 0 Å². The van der Waals surface area contributed by atoms with Gasteiger partial charge in [-0.3, -0.25) is 4.90 Å². The Hall–Kier alpha value is -1.00. The van der Waals surface area contributed by atoms with Crippen LogP contribution >= 0.6 is 0 Å². The van der Waals surface area contributed by atoms with E-state index in [1.807, 2.05) is 19.2 Å². The van der Waals surface area contributed by atoms with E-state index in [9.17, 15) is 0 Å². The molecule has 2 rings (SSSR count). The lowest BCUT2D eigenvalue weighted by molar-refractivity contribution is 0.177. The van der Waals surface area contributed by atoms with Gasteiger partial charge in [-0.1, -0.05) is 13.8 Å². The number of aryl methyl sites for hydroxylation is 1. The third-order valence-corrected chi connectivity index (χ3v) is 3.34. The Morgan fingerprint density at radius 1 is 1.28 bits per heavy atom. The summed E-state index contributed by atoms with van der Waals surface area (Å²) >= 11 is 0. The number of rotatable bonds is 2. The molecule has 0 amide bonds. The van der Waals surface area contributed by atoms with Crippen molar-refractivity contribution < 1.29 is 0 Å². The minimum Gasteiger partial charge on any atom is -0.316 e. The van der Waals surface area contributed by atoms with E-state index in [1.54, 1.807) is 0 Å². The summed E-state index contributed by atoms with van der Waals surface area (Å²) in [5.74, 6) is 2.25. The molecule has 0 bridgehead atoms. The fraction of sp³-hybridized carbons (Fsp3) is 0.714. The highest BCUT2D eigenvalue weighted by atomic mass is 15.1. The summed E-state index contributed by atoms with van der Waals surface area (Å²) in [6.07, 6.45) is 1.86. The van der Waals surface area contributed by atoms with Crippen LogP contribution in [-0.4, -0.2) is 41.0 Å². The molecule has 1 aromatic heterocycles. The summed E-state index contributed by atoms with van der Waals surface area (Å²) in [5.41, 5.74) is 1.13. The molecule has 0 aromatic carbocycles. The van der Waals surface area contributed by atoms with Crippen molar-refractivity contribution in [3.63, 3.8) is 0 Å². The molecule has 1 aliphatic heterocycles. The van der Waals surface area contributed by atoms with Crippen LogP contribution in [0.4, 0.5) is 0 Å². The van der Waals surface area contributed by atoms with E-state index < -0.39 is 0 Å². The van der Waals surface area contributed by atoms with Gasteiger partial charge in [0.1, 0.15) is 5.82 Å². The lowest BCUT2D eigenvalue weighted by Crippen LogP contribution is -2.42. The van der Waals surface area contributed by atoms with E-state index in [0.29, 0.717) is 11.8 Å². The molecule has 0 saturated carbocycles. The number of nitrogens with one attached hydrogen (secondary N) is 1. The average Bonchev–Trinajstić information content (AvgIpc) is 2.26. The van der Waals surface area contributed by atoms with Gasteiger partial charge in [-0.05, 0) is 37.9 Å². The zero-order valence-electron chi connectivity index (χ0n) is 11.7. The molecule has 0 spiro atoms. The Kier molecular flexibility index (Phi) is 4.66. The van der Waals surface area contributed by atoms with Gasteiger partial charge in [0, 0.05) is 25.8 Å². The predicted molar refractivity (Wildman–Crippen MR) is 73.2 cm³/mol. The molecule has 4 heteroatoms. The van der Waals surface area contributed by atoms with Crippen LogP contribution in [0, 0.1) is 18.8 Å². The Morgan fingerprint density at radius 2 is 1.94 bits per heavy atom. The zero-order chi connectivity index (χ0) is 13.0. The van der Waals surface area contributed by atoms with Crippen molar-refractivity contribution in [2.24, 2.45) is 11.8 Å². The molecule has 2 heterocycles. The minimum absolute atomic E-state index is 0.695. The Labute approximate surface area is 110 Å². The third kappa shape index (κ3) is 4.03. The SMILES string of the molecule is Cc1nccc(CN2CC(C)CNCC(C)C2)n1. The fourth-order valence-electron chi connectivity index (χ4n) is 2.61. The van der Waals surface area contributed by atoms with E-state index in [1.165, 1.54) is 0 Å². The van der Waals surface area contributed by atoms with Crippen molar-refractivity contribution >= 4 is 0 Å². The van der Waals surface area contributed by atoms with Crippen LogP contribution in [0.3, 0.4) is 0 Å². The van der Waals surface area contributed by atoms with Crippen LogP contribution in [0.25, 0.3) is 0 Å². The molecule has 2 unspecified atom stereocenters. The summed E-state index contributed by atoms with van der Waals surface area (Å²) in [4.78, 5) is 11.2. The number of aromatic nitrogens is 2. The fourth-order valence-corrected chi connectivity index (χ4v) is 2.61. The Balaban J connectivity index is 2.00. The van der Waals surface area contributed by atoms with E-state index in [-0.39, 0.29) is 0 Å². The van der Waals surface area contributed by atoms with Crippen molar-refractivity contribution in [1.29, 1.82) is 0 Å². The van der Waals surface area contributed by atoms with Crippen LogP contribution in [-0.2, 0) is 6.54 Å². The summed E-state index contributed by atoms with van der Waals surface area (Å²) in [6.45, 7) is 12.0. The van der Waals surface area contributed by atoms with Crippen molar-refractivity contribution in [3.8, 4) is 0 Å². The summed E-state index contributed by atoms with van der Waals surface area (Å²) in [7, 11) is 0. The quantitative estimate of drug-likeness (QED) is 0.860. The molecular formula is C14H24N4. The summed E-state index contributed by atoms with van der Waals surface area (Å²) in [6, 6.07) is 2.03. The van der Waals surface area contributed by atoms with Gasteiger partial charge < -0.3 is 5.32 Å². The molecular weight excluding hydrogens is 224 g/mol. The van der Waals surface area contributed by atoms with Crippen molar-refractivity contribution in [2.75, 3.05) is 26.2 Å². The first-order valence-corrected chi connectivity index (χ1v) is 6.85. The van der Waals surface area contributed by atoms with Gasteiger partial charge in [-0.25, -0.2) is 9.97 Å². The molecule has 2 atom stereocenters. The number of hydrogen-bond donors (Lipinski definition) is 1. The first kappa shape index (κ1) is 13.4. The third-order valence-electron chi connectivity index (χ3n) is 3.34. The summed E-state index contributed by atoms with van der Waals surface area (Å²) in [5, 5.41) is 3.53. The largest absolute Gasteiger partial charge is 0.316 e. The highest BCUT2D eigenvalue weighted by Crippen LogP contribution is 2.11. The maximum absolute atomic E-state index is 4.50. The Morgan fingerprint density at radius 3 is 2.56 bits per heavy atom. The smallest absolute Gasteiger partial charge is 0.125 e. The molecule has 1 saturated heterocycles. The second-order valence-corrected chi connectivity index (χ2v) is 5.66. The second kappa shape index (κ2) is 6.25. The average molecular weight is 248 g/mol. The maximum atomic E-state index is 4.50. The van der Waals surface area contributed by atoms with Crippen LogP contribution in [0.2, 0.25) is 0 Å². The second-order valence-electron chi connectivity index (χ2n) is 5.66. The number of hydrogen-bond acceptors (Lipinski definition) is 4. The number of nitrogens with zero attached hydrogens (tertiary/aromatic N) is 3. The molecule has 0 aliphatic carbocycles. The molecule has 0 radical (unpaired) electrons. The standard InChI is InChI=1S/C14H24N4/c1-11-6-15-7-12(2)9-18(8-11)10-14-4-5-16-13(3)17-14/h4-5,11-12,15H,6-10H2,1-3H3. The molecule has 1 fully saturated rings. The van der Waals surface area contributed by atoms with E-state index in [4.69, 9.17) is 0 Å². The molecule has 1 aromatic rings. The maximum Gasteiger partial charge on any atom is 0.125 e. The first-order valence-electron chi connectivity index (χ1n) is 6.85. The highest BCUT2D eigenvalue weighted by molar-refractivity contribution is 5.01. The minimum atomic E-state index is 0.695. The zero-order valence-corrected chi connectivity index (χ0v) is 11.7. The van der Waals surface area contributed by atoms with Gasteiger partial charge >= 0.3 is 0 Å². The Bertz CT molecular complexity index is 368. The van der Waals surface area contributed by atoms with Crippen LogP contribution in [0.1, 0.15) is 25.4 Å². The highest BCUT2D eigenvalue weighted by Gasteiger charge is 2.17. The molecule has 100 valence electrons. The lowest BCUT2D eigenvalue weighted by atomic mass is 10.1. The monoisotopic (exact) mass is 248 g/mol. The van der Waals surface area contributed by atoms with E-state index in [0.717, 1.165) is 44.2 Å². The molecule has 18 heavy (non-hydrogen) atoms. The van der Waals surface area contributed by atoms with Gasteiger partial charge in [-0.15, -0.1) is 0 Å². The van der Waals surface area contributed by atoms with Crippen LogP contribution in [0.15, 0.2) is 12.3 Å². The molecule has 1 aliphatic rings. The van der Waals surface area contributed by atoms with Crippen LogP contribution < -0.4 is 5.32 Å². The van der Waals surface area contributed by atoms with Gasteiger partial charge in [0.15, 0.2) is 0 Å². The van der Waals surface area contributed by atoms with Gasteiger partial charge in [-0.2, -0.15) is 0 Å². The van der Waals surface area contributed by atoms with Crippen LogP contribution in [0.5, 0.6) is 0 Å². The normalized spacial score (nSPS) is 26.6. The van der Waals surface area contributed by atoms with Crippen molar-refractivity contribution in [3.05, 3.63) is 23.8 Å².